The molecular weight excluding hydrogens is 312 g/mol. The SMILES string of the molecule is Cn1cc([C@@H]2CN(C(=O)Cn3cc([N+](=O)[O-])cn3)CC2(C)C)cn1. The molecule has 24 heavy (non-hydrogen) atoms. The van der Waals surface area contributed by atoms with Gasteiger partial charge in [-0.3, -0.25) is 24.3 Å². The fourth-order valence-electron chi connectivity index (χ4n) is 3.27. The first-order chi connectivity index (χ1) is 11.3. The van der Waals surface area contributed by atoms with Crippen molar-refractivity contribution >= 4 is 11.6 Å². The monoisotopic (exact) mass is 332 g/mol. The van der Waals surface area contributed by atoms with Crippen LogP contribution >= 0.6 is 0 Å². The minimum Gasteiger partial charge on any atom is -0.340 e. The van der Waals surface area contributed by atoms with E-state index in [1.54, 1.807) is 9.58 Å². The maximum Gasteiger partial charge on any atom is 0.307 e. The van der Waals surface area contributed by atoms with Gasteiger partial charge in [0.25, 0.3) is 0 Å². The summed E-state index contributed by atoms with van der Waals surface area (Å²) in [6, 6.07) is 0. The second-order valence-electron chi connectivity index (χ2n) is 6.92. The average Bonchev–Trinajstić information content (AvgIpc) is 3.17. The van der Waals surface area contributed by atoms with Crippen molar-refractivity contribution in [2.45, 2.75) is 26.3 Å². The molecule has 0 saturated carbocycles. The van der Waals surface area contributed by atoms with Gasteiger partial charge in [-0.2, -0.15) is 10.2 Å². The molecule has 3 heterocycles. The first-order valence-corrected chi connectivity index (χ1v) is 7.69. The van der Waals surface area contributed by atoms with Gasteiger partial charge in [0.05, 0.1) is 11.1 Å². The standard InChI is InChI=1S/C15H20N6O3/c1-15(2)10-19(8-13(15)11-4-16-18(3)6-11)14(22)9-20-7-12(5-17-20)21(23)24/h4-7,13H,8-10H2,1-3H3/t13-/m0/s1. The van der Waals surface area contributed by atoms with E-state index in [0.29, 0.717) is 13.1 Å². The number of hydrogen-bond acceptors (Lipinski definition) is 5. The third-order valence-electron chi connectivity index (χ3n) is 4.55. The molecule has 3 rings (SSSR count). The summed E-state index contributed by atoms with van der Waals surface area (Å²) >= 11 is 0. The number of amides is 1. The first kappa shape index (κ1) is 16.2. The van der Waals surface area contributed by atoms with Crippen molar-refractivity contribution in [1.29, 1.82) is 0 Å². The number of carbonyl (C=O) groups excluding carboxylic acids is 1. The summed E-state index contributed by atoms with van der Waals surface area (Å²) in [5.74, 6) is 0.120. The molecule has 0 aliphatic carbocycles. The lowest BCUT2D eigenvalue weighted by molar-refractivity contribution is -0.385. The van der Waals surface area contributed by atoms with Crippen molar-refractivity contribution in [2.24, 2.45) is 12.5 Å². The van der Waals surface area contributed by atoms with Crippen LogP contribution in [0.4, 0.5) is 5.69 Å². The van der Waals surface area contributed by atoms with Gasteiger partial charge in [-0.05, 0) is 11.0 Å². The number of aromatic nitrogens is 4. The molecule has 0 bridgehead atoms. The van der Waals surface area contributed by atoms with Gasteiger partial charge in [-0.1, -0.05) is 13.8 Å². The lowest BCUT2D eigenvalue weighted by atomic mass is 9.79. The number of hydrogen-bond donors (Lipinski definition) is 0. The topological polar surface area (TPSA) is 99.1 Å². The van der Waals surface area contributed by atoms with E-state index in [2.05, 4.69) is 24.0 Å². The molecule has 128 valence electrons. The largest absolute Gasteiger partial charge is 0.340 e. The van der Waals surface area contributed by atoms with Crippen molar-refractivity contribution < 1.29 is 9.72 Å². The Kier molecular flexibility index (Phi) is 3.86. The number of likely N-dealkylation sites (tertiary alicyclic amines) is 1. The van der Waals surface area contributed by atoms with Gasteiger partial charge in [0, 0.05) is 32.3 Å². The number of carbonyl (C=O) groups is 1. The molecule has 2 aromatic rings. The number of nitro groups is 1. The zero-order chi connectivity index (χ0) is 17.5. The van der Waals surface area contributed by atoms with Crippen LogP contribution in [-0.2, 0) is 18.4 Å². The second kappa shape index (κ2) is 5.73. The molecule has 1 atom stereocenters. The van der Waals surface area contributed by atoms with E-state index < -0.39 is 4.92 Å². The summed E-state index contributed by atoms with van der Waals surface area (Å²) in [7, 11) is 1.87. The van der Waals surface area contributed by atoms with Crippen LogP contribution in [0.15, 0.2) is 24.8 Å². The highest BCUT2D eigenvalue weighted by Gasteiger charge is 2.42. The summed E-state index contributed by atoms with van der Waals surface area (Å²) in [4.78, 5) is 24.5. The second-order valence-corrected chi connectivity index (χ2v) is 6.92. The molecular formula is C15H20N6O3. The lowest BCUT2D eigenvalue weighted by Crippen LogP contribution is -2.33. The van der Waals surface area contributed by atoms with Crippen LogP contribution in [0.25, 0.3) is 0 Å². The Bertz CT molecular complexity index is 778. The van der Waals surface area contributed by atoms with Crippen molar-refractivity contribution in [3.8, 4) is 0 Å². The smallest absolute Gasteiger partial charge is 0.307 e. The molecule has 1 aliphatic rings. The average molecular weight is 332 g/mol. The van der Waals surface area contributed by atoms with E-state index in [-0.39, 0.29) is 29.5 Å². The van der Waals surface area contributed by atoms with Gasteiger partial charge in [-0.25, -0.2) is 0 Å². The normalized spacial score (nSPS) is 19.6. The van der Waals surface area contributed by atoms with Crippen LogP contribution in [-0.4, -0.2) is 48.4 Å². The highest BCUT2D eigenvalue weighted by Crippen LogP contribution is 2.42. The minimum absolute atomic E-state index is 0.00365. The molecule has 0 radical (unpaired) electrons. The quantitative estimate of drug-likeness (QED) is 0.618. The maximum absolute atomic E-state index is 12.5. The van der Waals surface area contributed by atoms with E-state index >= 15 is 0 Å². The van der Waals surface area contributed by atoms with E-state index in [0.717, 1.165) is 11.8 Å². The van der Waals surface area contributed by atoms with E-state index in [1.165, 1.54) is 10.9 Å². The third-order valence-corrected chi connectivity index (χ3v) is 4.55. The van der Waals surface area contributed by atoms with Gasteiger partial charge >= 0.3 is 5.69 Å². The Morgan fingerprint density at radius 1 is 1.38 bits per heavy atom. The van der Waals surface area contributed by atoms with Gasteiger partial charge in [0.15, 0.2) is 0 Å². The molecule has 0 unspecified atom stereocenters. The Morgan fingerprint density at radius 2 is 2.12 bits per heavy atom. The van der Waals surface area contributed by atoms with Crippen LogP contribution < -0.4 is 0 Å². The predicted octanol–water partition coefficient (Wildman–Crippen LogP) is 1.18. The van der Waals surface area contributed by atoms with Crippen molar-refractivity contribution in [2.75, 3.05) is 13.1 Å². The number of rotatable bonds is 4. The van der Waals surface area contributed by atoms with Crippen molar-refractivity contribution in [3.05, 3.63) is 40.5 Å². The maximum atomic E-state index is 12.5. The number of aryl methyl sites for hydroxylation is 1. The highest BCUT2D eigenvalue weighted by atomic mass is 16.6. The summed E-state index contributed by atoms with van der Waals surface area (Å²) in [5.41, 5.74) is 0.944. The zero-order valence-corrected chi connectivity index (χ0v) is 13.9. The van der Waals surface area contributed by atoms with Crippen LogP contribution in [0, 0.1) is 15.5 Å². The third kappa shape index (κ3) is 3.01. The summed E-state index contributed by atoms with van der Waals surface area (Å²) in [6.07, 6.45) is 6.26. The molecule has 0 aromatic carbocycles. The fourth-order valence-corrected chi connectivity index (χ4v) is 3.27. The molecule has 1 saturated heterocycles. The van der Waals surface area contributed by atoms with Crippen LogP contribution in [0.3, 0.4) is 0 Å². The Morgan fingerprint density at radius 3 is 2.71 bits per heavy atom. The lowest BCUT2D eigenvalue weighted by Gasteiger charge is -2.24. The zero-order valence-electron chi connectivity index (χ0n) is 13.9. The Balaban J connectivity index is 1.71. The summed E-state index contributed by atoms with van der Waals surface area (Å²) < 4.78 is 3.07. The minimum atomic E-state index is -0.522. The van der Waals surface area contributed by atoms with E-state index in [4.69, 9.17) is 0 Å². The van der Waals surface area contributed by atoms with Crippen LogP contribution in [0.2, 0.25) is 0 Å². The molecule has 0 spiro atoms. The Labute approximate surface area is 139 Å². The van der Waals surface area contributed by atoms with Crippen LogP contribution in [0.1, 0.15) is 25.3 Å². The van der Waals surface area contributed by atoms with Gasteiger partial charge < -0.3 is 4.90 Å². The summed E-state index contributed by atoms with van der Waals surface area (Å²) in [6.45, 7) is 5.52. The molecule has 2 aromatic heterocycles. The van der Waals surface area contributed by atoms with Crippen molar-refractivity contribution in [3.63, 3.8) is 0 Å². The fraction of sp³-hybridized carbons (Fsp3) is 0.533. The van der Waals surface area contributed by atoms with Gasteiger partial charge in [-0.15, -0.1) is 0 Å². The van der Waals surface area contributed by atoms with Crippen LogP contribution in [0.5, 0.6) is 0 Å². The highest BCUT2D eigenvalue weighted by molar-refractivity contribution is 5.76. The molecule has 1 amide bonds. The van der Waals surface area contributed by atoms with Crippen molar-refractivity contribution in [1.82, 2.24) is 24.5 Å². The predicted molar refractivity (Wildman–Crippen MR) is 85.2 cm³/mol. The molecule has 9 nitrogen and oxygen atoms in total. The van der Waals surface area contributed by atoms with Gasteiger partial charge in [0.1, 0.15) is 18.9 Å². The molecule has 1 fully saturated rings. The molecule has 0 N–H and O–H groups in total. The van der Waals surface area contributed by atoms with E-state index in [1.807, 2.05) is 19.4 Å². The molecule has 9 heteroatoms. The molecule has 1 aliphatic heterocycles. The summed E-state index contributed by atoms with van der Waals surface area (Å²) in [5, 5.41) is 18.8. The van der Waals surface area contributed by atoms with E-state index in [9.17, 15) is 14.9 Å². The first-order valence-electron chi connectivity index (χ1n) is 7.69. The Hall–Kier alpha value is -2.71. The van der Waals surface area contributed by atoms with Gasteiger partial charge in [0.2, 0.25) is 5.91 Å². The number of nitrogens with zero attached hydrogens (tertiary/aromatic N) is 6.